The Morgan fingerprint density at radius 3 is 2.37 bits per heavy atom. The third-order valence-electron chi connectivity index (χ3n) is 4.42. The molecule has 2 aromatic carbocycles. The quantitative estimate of drug-likeness (QED) is 0.630. The van der Waals surface area contributed by atoms with Crippen LogP contribution in [0, 0.1) is 0 Å². The second kappa shape index (κ2) is 8.49. The Morgan fingerprint density at radius 2 is 1.78 bits per heavy atom. The maximum Gasteiger partial charge on any atom is 0.271 e. The van der Waals surface area contributed by atoms with Gasteiger partial charge in [0.25, 0.3) is 5.91 Å². The standard InChI is InChI=1S/C21H23N3O3/c1-3-27-19-12-8-17(9-13-19)21(26)23-22-15(2)16-6-10-18(11-7-16)24-14-4-5-20(24)25/h6-13H,3-5,14H2,1-2H3,(H,23,26)/b22-15-. The Bertz CT molecular complexity index is 842. The van der Waals surface area contributed by atoms with Gasteiger partial charge in [0.2, 0.25) is 5.91 Å². The number of hydrazone groups is 1. The van der Waals surface area contributed by atoms with Gasteiger partial charge in [-0.05, 0) is 62.2 Å². The molecule has 3 rings (SSSR count). The highest BCUT2D eigenvalue weighted by molar-refractivity contribution is 6.01. The van der Waals surface area contributed by atoms with E-state index in [2.05, 4.69) is 10.5 Å². The third-order valence-corrected chi connectivity index (χ3v) is 4.42. The van der Waals surface area contributed by atoms with Gasteiger partial charge in [-0.2, -0.15) is 5.10 Å². The van der Waals surface area contributed by atoms with E-state index in [1.807, 2.05) is 38.1 Å². The third kappa shape index (κ3) is 4.53. The topological polar surface area (TPSA) is 71.0 Å². The van der Waals surface area contributed by atoms with Crippen molar-refractivity contribution in [3.63, 3.8) is 0 Å². The maximum atomic E-state index is 12.2. The van der Waals surface area contributed by atoms with E-state index in [1.165, 1.54) is 0 Å². The number of benzene rings is 2. The molecule has 1 saturated heterocycles. The van der Waals surface area contributed by atoms with Crippen LogP contribution < -0.4 is 15.1 Å². The van der Waals surface area contributed by atoms with Crippen LogP contribution >= 0.6 is 0 Å². The second-order valence-electron chi connectivity index (χ2n) is 6.29. The number of hydrogen-bond donors (Lipinski definition) is 1. The lowest BCUT2D eigenvalue weighted by molar-refractivity contribution is -0.117. The summed E-state index contributed by atoms with van der Waals surface area (Å²) in [6, 6.07) is 14.5. The van der Waals surface area contributed by atoms with Crippen LogP contribution in [0.3, 0.4) is 0 Å². The van der Waals surface area contributed by atoms with Crippen molar-refractivity contribution in [1.29, 1.82) is 0 Å². The highest BCUT2D eigenvalue weighted by Crippen LogP contribution is 2.21. The van der Waals surface area contributed by atoms with Gasteiger partial charge in [-0.15, -0.1) is 0 Å². The summed E-state index contributed by atoms with van der Waals surface area (Å²) in [6.45, 7) is 5.09. The lowest BCUT2D eigenvalue weighted by atomic mass is 10.1. The highest BCUT2D eigenvalue weighted by Gasteiger charge is 2.21. The van der Waals surface area contributed by atoms with Gasteiger partial charge >= 0.3 is 0 Å². The van der Waals surface area contributed by atoms with Crippen LogP contribution in [-0.2, 0) is 4.79 Å². The fraction of sp³-hybridized carbons (Fsp3) is 0.286. The largest absolute Gasteiger partial charge is 0.494 e. The Morgan fingerprint density at radius 1 is 1.11 bits per heavy atom. The molecule has 27 heavy (non-hydrogen) atoms. The van der Waals surface area contributed by atoms with Crippen molar-refractivity contribution in [3.8, 4) is 5.75 Å². The van der Waals surface area contributed by atoms with Gasteiger partial charge < -0.3 is 9.64 Å². The Labute approximate surface area is 158 Å². The zero-order chi connectivity index (χ0) is 19.2. The second-order valence-corrected chi connectivity index (χ2v) is 6.29. The molecule has 6 heteroatoms. The highest BCUT2D eigenvalue weighted by atomic mass is 16.5. The number of nitrogens with one attached hydrogen (secondary N) is 1. The number of nitrogens with zero attached hydrogens (tertiary/aromatic N) is 2. The van der Waals surface area contributed by atoms with Crippen molar-refractivity contribution < 1.29 is 14.3 Å². The van der Waals surface area contributed by atoms with Crippen LogP contribution in [-0.4, -0.2) is 30.7 Å². The average molecular weight is 365 g/mol. The van der Waals surface area contributed by atoms with E-state index in [-0.39, 0.29) is 11.8 Å². The van der Waals surface area contributed by atoms with Crippen molar-refractivity contribution in [1.82, 2.24) is 5.43 Å². The first kappa shape index (κ1) is 18.6. The summed E-state index contributed by atoms with van der Waals surface area (Å²) in [5, 5.41) is 4.18. The van der Waals surface area contributed by atoms with Gasteiger partial charge in [-0.3, -0.25) is 9.59 Å². The molecule has 0 unspecified atom stereocenters. The van der Waals surface area contributed by atoms with E-state index in [1.54, 1.807) is 29.2 Å². The van der Waals surface area contributed by atoms with E-state index < -0.39 is 0 Å². The van der Waals surface area contributed by atoms with Crippen molar-refractivity contribution >= 4 is 23.2 Å². The molecule has 0 spiro atoms. The van der Waals surface area contributed by atoms with Gasteiger partial charge in [0.15, 0.2) is 0 Å². The fourth-order valence-electron chi connectivity index (χ4n) is 2.94. The molecule has 0 aromatic heterocycles. The molecule has 6 nitrogen and oxygen atoms in total. The molecule has 0 atom stereocenters. The van der Waals surface area contributed by atoms with Crippen LogP contribution in [0.4, 0.5) is 5.69 Å². The number of rotatable bonds is 6. The predicted molar refractivity (Wildman–Crippen MR) is 105 cm³/mol. The SMILES string of the molecule is CCOc1ccc(C(=O)N/N=C(/C)c2ccc(N3CCCC3=O)cc2)cc1. The summed E-state index contributed by atoms with van der Waals surface area (Å²) < 4.78 is 5.37. The number of hydrogen-bond acceptors (Lipinski definition) is 4. The minimum Gasteiger partial charge on any atom is -0.494 e. The first-order valence-electron chi connectivity index (χ1n) is 9.07. The molecule has 1 fully saturated rings. The van der Waals surface area contributed by atoms with Crippen LogP contribution in [0.15, 0.2) is 53.6 Å². The van der Waals surface area contributed by atoms with Gasteiger partial charge in [0.05, 0.1) is 12.3 Å². The lowest BCUT2D eigenvalue weighted by Crippen LogP contribution is -2.23. The summed E-state index contributed by atoms with van der Waals surface area (Å²) in [5.41, 5.74) is 5.55. The molecule has 0 bridgehead atoms. The zero-order valence-electron chi connectivity index (χ0n) is 15.6. The number of amides is 2. The Hall–Kier alpha value is -3.15. The fourth-order valence-corrected chi connectivity index (χ4v) is 2.94. The number of carbonyl (C=O) groups is 2. The zero-order valence-corrected chi connectivity index (χ0v) is 15.6. The van der Waals surface area contributed by atoms with Gasteiger partial charge in [-0.25, -0.2) is 5.43 Å². The molecule has 1 aliphatic rings. The normalized spacial score (nSPS) is 14.4. The predicted octanol–water partition coefficient (Wildman–Crippen LogP) is 3.37. The van der Waals surface area contributed by atoms with E-state index in [4.69, 9.17) is 4.74 Å². The smallest absolute Gasteiger partial charge is 0.271 e. The molecular formula is C21H23N3O3. The summed E-state index contributed by atoms with van der Waals surface area (Å²) in [7, 11) is 0. The van der Waals surface area contributed by atoms with Crippen LogP contribution in [0.5, 0.6) is 5.75 Å². The van der Waals surface area contributed by atoms with E-state index >= 15 is 0 Å². The summed E-state index contributed by atoms with van der Waals surface area (Å²) >= 11 is 0. The maximum absolute atomic E-state index is 12.2. The average Bonchev–Trinajstić information content (AvgIpc) is 3.12. The Balaban J connectivity index is 1.62. The summed E-state index contributed by atoms with van der Waals surface area (Å²) in [6.07, 6.45) is 1.51. The molecule has 2 aromatic rings. The monoisotopic (exact) mass is 365 g/mol. The van der Waals surface area contributed by atoms with Gasteiger partial charge in [-0.1, -0.05) is 12.1 Å². The van der Waals surface area contributed by atoms with E-state index in [0.717, 1.165) is 30.0 Å². The van der Waals surface area contributed by atoms with Crippen molar-refractivity contribution in [2.45, 2.75) is 26.7 Å². The molecule has 0 saturated carbocycles. The van der Waals surface area contributed by atoms with Gasteiger partial charge in [0.1, 0.15) is 5.75 Å². The molecule has 1 aliphatic heterocycles. The van der Waals surface area contributed by atoms with Crippen LogP contribution in [0.1, 0.15) is 42.6 Å². The summed E-state index contributed by atoms with van der Waals surface area (Å²) in [4.78, 5) is 25.8. The van der Waals surface area contributed by atoms with E-state index in [9.17, 15) is 9.59 Å². The van der Waals surface area contributed by atoms with Crippen molar-refractivity contribution in [2.24, 2.45) is 5.10 Å². The van der Waals surface area contributed by atoms with E-state index in [0.29, 0.717) is 24.3 Å². The molecule has 0 radical (unpaired) electrons. The lowest BCUT2D eigenvalue weighted by Gasteiger charge is -2.15. The summed E-state index contributed by atoms with van der Waals surface area (Å²) in [5.74, 6) is 0.609. The first-order chi connectivity index (χ1) is 13.1. The number of ether oxygens (including phenoxy) is 1. The minimum atomic E-state index is -0.281. The Kier molecular flexibility index (Phi) is 5.86. The molecule has 1 heterocycles. The molecule has 2 amide bonds. The number of carbonyl (C=O) groups excluding carboxylic acids is 2. The van der Waals surface area contributed by atoms with Crippen LogP contribution in [0.2, 0.25) is 0 Å². The molecule has 140 valence electrons. The van der Waals surface area contributed by atoms with Crippen molar-refractivity contribution in [2.75, 3.05) is 18.1 Å². The molecule has 1 N–H and O–H groups in total. The number of anilines is 1. The first-order valence-corrected chi connectivity index (χ1v) is 9.07. The van der Waals surface area contributed by atoms with Crippen molar-refractivity contribution in [3.05, 3.63) is 59.7 Å². The minimum absolute atomic E-state index is 0.163. The molecule has 0 aliphatic carbocycles. The molecular weight excluding hydrogens is 342 g/mol. The van der Waals surface area contributed by atoms with Crippen LogP contribution in [0.25, 0.3) is 0 Å². The van der Waals surface area contributed by atoms with Gasteiger partial charge in [0, 0.05) is 24.2 Å².